The zero-order chi connectivity index (χ0) is 50.2. The standard InChI is InChI=1S/C72H50N2Si2/c1-6-25-54(26-7-1)75(55-27-8-2-9-28-55,56-29-10-3-11-30-56)59-35-22-24-53(50-59)73-66-40-19-17-37-61(66)65-39-23-42-68(72(65)73)74-67-41-20-16-36-60(67)62-46-44-51(48-69(62)74)52-45-47-64-63-38-18-21-43-70(63)76(71(64)49-52,57-31-12-4-13-32-57)58-33-14-5-15-34-58/h1-50H. The fourth-order valence-corrected chi connectivity index (χ4v) is 23.4. The first-order valence-electron chi connectivity index (χ1n) is 26.4. The average molecular weight is 999 g/mol. The van der Waals surface area contributed by atoms with E-state index in [1.54, 1.807) is 0 Å². The van der Waals surface area contributed by atoms with Crippen molar-refractivity contribution >= 4 is 101 Å². The van der Waals surface area contributed by atoms with Crippen LogP contribution in [0, 0.1) is 0 Å². The van der Waals surface area contributed by atoms with Crippen molar-refractivity contribution < 1.29 is 0 Å². The van der Waals surface area contributed by atoms with Crippen LogP contribution in [-0.2, 0) is 0 Å². The summed E-state index contributed by atoms with van der Waals surface area (Å²) in [5.74, 6) is 0. The van der Waals surface area contributed by atoms with Crippen LogP contribution in [0.1, 0.15) is 0 Å². The first kappa shape index (κ1) is 44.2. The second kappa shape index (κ2) is 17.7. The Morgan fingerprint density at radius 1 is 0.276 bits per heavy atom. The summed E-state index contributed by atoms with van der Waals surface area (Å²) >= 11 is 0. The summed E-state index contributed by atoms with van der Waals surface area (Å²) < 4.78 is 5.09. The number of aromatic nitrogens is 2. The van der Waals surface area contributed by atoms with E-state index < -0.39 is 16.1 Å². The van der Waals surface area contributed by atoms with Crippen LogP contribution in [-0.4, -0.2) is 25.3 Å². The minimum atomic E-state index is -2.85. The largest absolute Gasteiger partial charge is 0.307 e. The van der Waals surface area contributed by atoms with Gasteiger partial charge < -0.3 is 9.13 Å². The zero-order valence-electron chi connectivity index (χ0n) is 41.8. The Kier molecular flexibility index (Phi) is 10.3. The second-order valence-electron chi connectivity index (χ2n) is 20.3. The van der Waals surface area contributed by atoms with Gasteiger partial charge in [-0.05, 0) is 100 Å². The van der Waals surface area contributed by atoms with Crippen molar-refractivity contribution in [3.8, 4) is 33.6 Å². The molecule has 2 nitrogen and oxygen atoms in total. The number of nitrogens with zero attached hydrogens (tertiary/aromatic N) is 2. The molecule has 0 radical (unpaired) electrons. The highest BCUT2D eigenvalue weighted by atomic mass is 28.3. The molecule has 0 N–H and O–H groups in total. The lowest BCUT2D eigenvalue weighted by molar-refractivity contribution is 1.13. The molecule has 0 amide bonds. The normalized spacial score (nSPS) is 12.8. The molecule has 1 aliphatic heterocycles. The lowest BCUT2D eigenvalue weighted by Crippen LogP contribution is -2.74. The quantitative estimate of drug-likeness (QED) is 0.101. The molecule has 2 aromatic heterocycles. The summed E-state index contributed by atoms with van der Waals surface area (Å²) in [6.45, 7) is 0. The highest BCUT2D eigenvalue weighted by molar-refractivity contribution is 7.22. The maximum Gasteiger partial charge on any atom is 0.180 e. The van der Waals surface area contributed by atoms with Crippen LogP contribution in [0.5, 0.6) is 0 Å². The van der Waals surface area contributed by atoms with Crippen LogP contribution < -0.4 is 41.5 Å². The minimum Gasteiger partial charge on any atom is -0.307 e. The molecule has 3 heterocycles. The summed E-state index contributed by atoms with van der Waals surface area (Å²) in [7, 11) is -5.54. The number of benzene rings is 12. The summed E-state index contributed by atoms with van der Waals surface area (Å²) in [5.41, 5.74) is 12.1. The number of rotatable bonds is 9. The lowest BCUT2D eigenvalue weighted by atomic mass is 9.99. The first-order valence-corrected chi connectivity index (χ1v) is 30.4. The van der Waals surface area contributed by atoms with Gasteiger partial charge in [0, 0.05) is 27.2 Å². The van der Waals surface area contributed by atoms with Crippen LogP contribution in [0.4, 0.5) is 0 Å². The Bertz CT molecular complexity index is 4370. The van der Waals surface area contributed by atoms with Crippen molar-refractivity contribution in [3.05, 3.63) is 303 Å². The van der Waals surface area contributed by atoms with Gasteiger partial charge in [0.05, 0.1) is 27.8 Å². The topological polar surface area (TPSA) is 9.86 Å². The van der Waals surface area contributed by atoms with E-state index in [4.69, 9.17) is 0 Å². The van der Waals surface area contributed by atoms with Crippen molar-refractivity contribution in [1.82, 2.24) is 9.13 Å². The Morgan fingerprint density at radius 2 is 0.737 bits per heavy atom. The van der Waals surface area contributed by atoms with Gasteiger partial charge in [-0.15, -0.1) is 0 Å². The van der Waals surface area contributed by atoms with Crippen molar-refractivity contribution in [2.24, 2.45) is 0 Å². The molecular formula is C72H50N2Si2. The average Bonchev–Trinajstić information content (AvgIpc) is 4.28. The maximum atomic E-state index is 2.55. The van der Waals surface area contributed by atoms with E-state index in [0.717, 1.165) is 11.4 Å². The van der Waals surface area contributed by atoms with Gasteiger partial charge in [0.15, 0.2) is 16.1 Å². The van der Waals surface area contributed by atoms with Crippen molar-refractivity contribution in [2.75, 3.05) is 0 Å². The van der Waals surface area contributed by atoms with Gasteiger partial charge in [0.1, 0.15) is 0 Å². The molecule has 356 valence electrons. The van der Waals surface area contributed by atoms with Crippen LogP contribution in [0.25, 0.3) is 77.2 Å². The van der Waals surface area contributed by atoms with Crippen molar-refractivity contribution in [2.45, 2.75) is 0 Å². The van der Waals surface area contributed by atoms with Gasteiger partial charge in [0.25, 0.3) is 0 Å². The third-order valence-electron chi connectivity index (χ3n) is 16.5. The summed E-state index contributed by atoms with van der Waals surface area (Å²) in [6, 6.07) is 114. The Morgan fingerprint density at radius 3 is 1.38 bits per heavy atom. The van der Waals surface area contributed by atoms with Gasteiger partial charge in [-0.3, -0.25) is 0 Å². The molecule has 0 atom stereocenters. The Hall–Kier alpha value is -9.33. The molecule has 12 aromatic carbocycles. The van der Waals surface area contributed by atoms with Gasteiger partial charge in [-0.1, -0.05) is 267 Å². The van der Waals surface area contributed by atoms with E-state index in [1.807, 2.05) is 0 Å². The van der Waals surface area contributed by atoms with Gasteiger partial charge in [-0.2, -0.15) is 0 Å². The van der Waals surface area contributed by atoms with Crippen LogP contribution in [0.3, 0.4) is 0 Å². The molecule has 0 fully saturated rings. The van der Waals surface area contributed by atoms with E-state index >= 15 is 0 Å². The van der Waals surface area contributed by atoms with E-state index in [0.29, 0.717) is 0 Å². The SMILES string of the molecule is c1ccc([Si](c2ccccc2)(c2ccccc2)c2cccc(-n3c4ccccc4c4cccc(-n5c6ccccc6c6ccc(-c7ccc8c(c7)[Si](c7ccccc7)(c7ccccc7)c7ccccc7-8)cc65)c43)c2)cc1. The molecule has 0 spiro atoms. The molecule has 0 aliphatic carbocycles. The van der Waals surface area contributed by atoms with Crippen LogP contribution in [0.2, 0.25) is 0 Å². The fourth-order valence-electron chi connectivity index (χ4n) is 13.4. The molecule has 14 aromatic rings. The Labute approximate surface area is 444 Å². The van der Waals surface area contributed by atoms with Gasteiger partial charge >= 0.3 is 0 Å². The number of fused-ring (bicyclic) bond motifs is 9. The Balaban J connectivity index is 0.972. The highest BCUT2D eigenvalue weighted by Crippen LogP contribution is 2.41. The molecule has 0 saturated carbocycles. The fraction of sp³-hybridized carbons (Fsp3) is 0. The maximum absolute atomic E-state index is 2.85. The summed E-state index contributed by atoms with van der Waals surface area (Å²) in [5, 5.41) is 16.0. The lowest BCUT2D eigenvalue weighted by Gasteiger charge is -2.34. The second-order valence-corrected chi connectivity index (χ2v) is 27.8. The smallest absolute Gasteiger partial charge is 0.180 e. The van der Waals surface area contributed by atoms with Gasteiger partial charge in [-0.25, -0.2) is 0 Å². The molecular weight excluding hydrogens is 949 g/mol. The van der Waals surface area contributed by atoms with Gasteiger partial charge in [0.2, 0.25) is 0 Å². The first-order chi connectivity index (χ1) is 37.7. The molecule has 76 heavy (non-hydrogen) atoms. The number of para-hydroxylation sites is 3. The highest BCUT2D eigenvalue weighted by Gasteiger charge is 2.48. The molecule has 0 bridgehead atoms. The van der Waals surface area contributed by atoms with E-state index in [-0.39, 0.29) is 0 Å². The number of hydrogen-bond acceptors (Lipinski definition) is 0. The third kappa shape index (κ3) is 6.45. The molecule has 1 aliphatic rings. The molecule has 0 saturated heterocycles. The predicted octanol–water partition coefficient (Wildman–Crippen LogP) is 12.3. The monoisotopic (exact) mass is 998 g/mol. The van der Waals surface area contributed by atoms with Crippen LogP contribution >= 0.6 is 0 Å². The zero-order valence-corrected chi connectivity index (χ0v) is 43.8. The van der Waals surface area contributed by atoms with Crippen molar-refractivity contribution in [1.29, 1.82) is 0 Å². The predicted molar refractivity (Wildman–Crippen MR) is 327 cm³/mol. The summed E-state index contributed by atoms with van der Waals surface area (Å²) in [4.78, 5) is 0. The number of hydrogen-bond donors (Lipinski definition) is 0. The third-order valence-corrected chi connectivity index (χ3v) is 26.2. The van der Waals surface area contributed by atoms with E-state index in [2.05, 4.69) is 312 Å². The summed E-state index contributed by atoms with van der Waals surface area (Å²) in [6.07, 6.45) is 0. The molecule has 0 unspecified atom stereocenters. The van der Waals surface area contributed by atoms with Crippen molar-refractivity contribution in [3.63, 3.8) is 0 Å². The molecule has 15 rings (SSSR count). The van der Waals surface area contributed by atoms with E-state index in [1.165, 1.54) is 107 Å². The molecule has 4 heteroatoms. The minimum absolute atomic E-state index is 1.14. The van der Waals surface area contributed by atoms with Crippen LogP contribution in [0.15, 0.2) is 303 Å². The van der Waals surface area contributed by atoms with E-state index in [9.17, 15) is 0 Å².